The number of aryl methyl sites for hydroxylation is 2. The summed E-state index contributed by atoms with van der Waals surface area (Å²) >= 11 is 0. The first-order valence-corrected chi connectivity index (χ1v) is 8.18. The number of benzene rings is 1. The highest BCUT2D eigenvalue weighted by molar-refractivity contribution is 5.93. The monoisotopic (exact) mass is 311 g/mol. The van der Waals surface area contributed by atoms with Gasteiger partial charge >= 0.3 is 0 Å². The summed E-state index contributed by atoms with van der Waals surface area (Å²) in [7, 11) is 0. The number of nitrogens with one attached hydrogen (secondary N) is 2. The molecule has 122 valence electrons. The van der Waals surface area contributed by atoms with Gasteiger partial charge in [-0.15, -0.1) is 0 Å². The largest absolute Gasteiger partial charge is 0.355 e. The molecule has 0 aliphatic heterocycles. The van der Waals surface area contributed by atoms with Crippen LogP contribution in [0.3, 0.4) is 0 Å². The Balaban J connectivity index is 2.03. The third kappa shape index (κ3) is 5.09. The van der Waals surface area contributed by atoms with Gasteiger partial charge in [-0.1, -0.05) is 37.5 Å². The Bertz CT molecular complexity index is 667. The lowest BCUT2D eigenvalue weighted by Gasteiger charge is -2.11. The first-order valence-electron chi connectivity index (χ1n) is 8.18. The van der Waals surface area contributed by atoms with Crippen molar-refractivity contribution in [2.75, 3.05) is 11.9 Å². The summed E-state index contributed by atoms with van der Waals surface area (Å²) < 4.78 is 0. The smallest absolute Gasteiger partial charge is 0.269 e. The van der Waals surface area contributed by atoms with Crippen LogP contribution in [0.1, 0.15) is 47.8 Å². The van der Waals surface area contributed by atoms with Crippen LogP contribution in [-0.4, -0.2) is 17.4 Å². The van der Waals surface area contributed by atoms with Gasteiger partial charge < -0.3 is 10.6 Å². The first kappa shape index (κ1) is 17.0. The zero-order chi connectivity index (χ0) is 16.7. The van der Waals surface area contributed by atoms with E-state index < -0.39 is 0 Å². The molecule has 1 heterocycles. The molecular formula is C19H25N3O. The van der Waals surface area contributed by atoms with Gasteiger partial charge in [-0.25, -0.2) is 0 Å². The predicted octanol–water partition coefficient (Wildman–Crippen LogP) is 4.36. The first-order chi connectivity index (χ1) is 11.1. The number of hydrogen-bond acceptors (Lipinski definition) is 3. The molecule has 0 saturated heterocycles. The van der Waals surface area contributed by atoms with Crippen LogP contribution in [0.5, 0.6) is 0 Å². The second-order valence-corrected chi connectivity index (χ2v) is 5.84. The molecule has 0 aliphatic rings. The van der Waals surface area contributed by atoms with Crippen molar-refractivity contribution < 1.29 is 4.79 Å². The Kier molecular flexibility index (Phi) is 6.15. The molecule has 2 aromatic rings. The highest BCUT2D eigenvalue weighted by atomic mass is 16.1. The van der Waals surface area contributed by atoms with Crippen molar-refractivity contribution in [2.24, 2.45) is 0 Å². The van der Waals surface area contributed by atoms with E-state index in [0.29, 0.717) is 12.2 Å². The third-order valence-corrected chi connectivity index (χ3v) is 3.72. The van der Waals surface area contributed by atoms with Crippen LogP contribution in [0.15, 0.2) is 36.5 Å². The van der Waals surface area contributed by atoms with Gasteiger partial charge in [0.2, 0.25) is 0 Å². The number of carbonyl (C=O) groups excluding carboxylic acids is 1. The van der Waals surface area contributed by atoms with Crippen LogP contribution in [0, 0.1) is 13.8 Å². The number of anilines is 2. The highest BCUT2D eigenvalue weighted by Gasteiger charge is 2.08. The summed E-state index contributed by atoms with van der Waals surface area (Å²) in [6.07, 6.45) is 4.93. The van der Waals surface area contributed by atoms with Gasteiger partial charge in [0, 0.05) is 24.1 Å². The molecule has 0 fully saturated rings. The summed E-state index contributed by atoms with van der Waals surface area (Å²) in [5.41, 5.74) is 4.75. The van der Waals surface area contributed by atoms with Crippen molar-refractivity contribution in [1.82, 2.24) is 10.3 Å². The van der Waals surface area contributed by atoms with Gasteiger partial charge in [-0.3, -0.25) is 9.78 Å². The zero-order valence-electron chi connectivity index (χ0n) is 14.1. The summed E-state index contributed by atoms with van der Waals surface area (Å²) in [5, 5.41) is 6.27. The number of amides is 1. The molecule has 0 saturated carbocycles. The number of aromatic nitrogens is 1. The zero-order valence-corrected chi connectivity index (χ0v) is 14.1. The number of pyridine rings is 1. The quantitative estimate of drug-likeness (QED) is 0.747. The van der Waals surface area contributed by atoms with Crippen LogP contribution in [0.25, 0.3) is 0 Å². The Labute approximate surface area is 138 Å². The van der Waals surface area contributed by atoms with E-state index in [1.807, 2.05) is 6.07 Å². The molecule has 0 unspecified atom stereocenters. The minimum atomic E-state index is -0.120. The highest BCUT2D eigenvalue weighted by Crippen LogP contribution is 2.21. The maximum atomic E-state index is 12.1. The van der Waals surface area contributed by atoms with E-state index in [1.165, 1.54) is 11.1 Å². The lowest BCUT2D eigenvalue weighted by Crippen LogP contribution is -2.25. The van der Waals surface area contributed by atoms with Gasteiger partial charge in [0.25, 0.3) is 5.91 Å². The minimum Gasteiger partial charge on any atom is -0.355 e. The number of unbranched alkanes of at least 4 members (excludes halogenated alkanes) is 2. The topological polar surface area (TPSA) is 54.0 Å². The molecule has 0 atom stereocenters. The summed E-state index contributed by atoms with van der Waals surface area (Å²) in [4.78, 5) is 16.3. The Morgan fingerprint density at radius 2 is 1.96 bits per heavy atom. The van der Waals surface area contributed by atoms with Crippen LogP contribution >= 0.6 is 0 Å². The number of hydrogen-bond donors (Lipinski definition) is 2. The average Bonchev–Trinajstić information content (AvgIpc) is 2.54. The van der Waals surface area contributed by atoms with E-state index in [9.17, 15) is 4.79 Å². The fraction of sp³-hybridized carbons (Fsp3) is 0.368. The molecule has 1 amide bonds. The van der Waals surface area contributed by atoms with Crippen molar-refractivity contribution >= 4 is 17.3 Å². The molecule has 4 nitrogen and oxygen atoms in total. The molecular weight excluding hydrogens is 286 g/mol. The Hall–Kier alpha value is -2.36. The van der Waals surface area contributed by atoms with Gasteiger partial charge in [0.05, 0.1) is 0 Å². The molecule has 1 aromatic carbocycles. The molecule has 2 N–H and O–H groups in total. The second-order valence-electron chi connectivity index (χ2n) is 5.84. The fourth-order valence-corrected chi connectivity index (χ4v) is 2.41. The van der Waals surface area contributed by atoms with Crippen molar-refractivity contribution in [2.45, 2.75) is 40.0 Å². The van der Waals surface area contributed by atoms with Crippen LogP contribution in [-0.2, 0) is 0 Å². The van der Waals surface area contributed by atoms with Crippen molar-refractivity contribution in [3.8, 4) is 0 Å². The van der Waals surface area contributed by atoms with Crippen LogP contribution < -0.4 is 10.6 Å². The molecule has 0 radical (unpaired) electrons. The number of nitrogens with zero attached hydrogens (tertiary/aromatic N) is 1. The van der Waals surface area contributed by atoms with E-state index in [0.717, 1.165) is 30.6 Å². The van der Waals surface area contributed by atoms with E-state index in [1.54, 1.807) is 12.3 Å². The third-order valence-electron chi connectivity index (χ3n) is 3.72. The molecule has 2 rings (SSSR count). The van der Waals surface area contributed by atoms with Gasteiger partial charge in [0.1, 0.15) is 5.69 Å². The Morgan fingerprint density at radius 3 is 2.70 bits per heavy atom. The second kappa shape index (κ2) is 8.32. The Morgan fingerprint density at radius 1 is 1.13 bits per heavy atom. The fourth-order valence-electron chi connectivity index (χ4n) is 2.41. The lowest BCUT2D eigenvalue weighted by atomic mass is 10.1. The lowest BCUT2D eigenvalue weighted by molar-refractivity contribution is 0.0948. The average molecular weight is 311 g/mol. The maximum absolute atomic E-state index is 12.1. The minimum absolute atomic E-state index is 0.120. The summed E-state index contributed by atoms with van der Waals surface area (Å²) in [6, 6.07) is 9.90. The molecule has 4 heteroatoms. The number of carbonyl (C=O) groups is 1. The predicted molar refractivity (Wildman–Crippen MR) is 95.3 cm³/mol. The normalized spacial score (nSPS) is 10.4. The van der Waals surface area contributed by atoms with E-state index in [-0.39, 0.29) is 5.91 Å². The van der Waals surface area contributed by atoms with E-state index in [2.05, 4.69) is 54.6 Å². The van der Waals surface area contributed by atoms with Crippen molar-refractivity contribution in [3.05, 3.63) is 53.3 Å². The van der Waals surface area contributed by atoms with Crippen molar-refractivity contribution in [1.29, 1.82) is 0 Å². The molecule has 1 aromatic heterocycles. The van der Waals surface area contributed by atoms with E-state index in [4.69, 9.17) is 0 Å². The van der Waals surface area contributed by atoms with Crippen LogP contribution in [0.2, 0.25) is 0 Å². The maximum Gasteiger partial charge on any atom is 0.269 e. The summed E-state index contributed by atoms with van der Waals surface area (Å²) in [5.74, 6) is -0.120. The van der Waals surface area contributed by atoms with Gasteiger partial charge in [-0.05, 0) is 44.0 Å². The molecule has 0 spiro atoms. The SMILES string of the molecule is CCCCCNC(=O)c1cc(Nc2ccc(C)cc2C)ccn1. The number of rotatable bonds is 7. The standard InChI is InChI=1S/C19H25N3O/c1-4-5-6-10-21-19(23)18-13-16(9-11-20-18)22-17-8-7-14(2)12-15(17)3/h7-9,11-13H,4-6,10H2,1-3H3,(H,20,22)(H,21,23). The molecule has 23 heavy (non-hydrogen) atoms. The van der Waals surface area contributed by atoms with Crippen LogP contribution in [0.4, 0.5) is 11.4 Å². The van der Waals surface area contributed by atoms with E-state index >= 15 is 0 Å². The van der Waals surface area contributed by atoms with Crippen molar-refractivity contribution in [3.63, 3.8) is 0 Å². The molecule has 0 aliphatic carbocycles. The molecule has 0 bridgehead atoms. The van der Waals surface area contributed by atoms with Gasteiger partial charge in [0.15, 0.2) is 0 Å². The summed E-state index contributed by atoms with van der Waals surface area (Å²) in [6.45, 7) is 6.98. The van der Waals surface area contributed by atoms with Gasteiger partial charge in [-0.2, -0.15) is 0 Å².